The Bertz CT molecular complexity index is 1050. The van der Waals surface area contributed by atoms with Crippen LogP contribution in [0.3, 0.4) is 0 Å². The van der Waals surface area contributed by atoms with E-state index in [0.717, 1.165) is 16.9 Å². The molecule has 2 amide bonds. The molecule has 0 unspecified atom stereocenters. The maximum Gasteiger partial charge on any atom is 0.323 e. The van der Waals surface area contributed by atoms with Gasteiger partial charge in [-0.2, -0.15) is 0 Å². The zero-order valence-electron chi connectivity index (χ0n) is 14.7. The van der Waals surface area contributed by atoms with Crippen LogP contribution in [-0.4, -0.2) is 22.5 Å². The van der Waals surface area contributed by atoms with Gasteiger partial charge in [0.1, 0.15) is 11.4 Å². The molecule has 2 aromatic heterocycles. The van der Waals surface area contributed by atoms with Gasteiger partial charge in [-0.25, -0.2) is 9.78 Å². The van der Waals surface area contributed by atoms with E-state index in [9.17, 15) is 4.79 Å². The third-order valence-corrected chi connectivity index (χ3v) is 4.13. The highest BCUT2D eigenvalue weighted by Gasteiger charge is 2.06. The lowest BCUT2D eigenvalue weighted by Gasteiger charge is -2.09. The molecule has 0 aliphatic heterocycles. The molecule has 0 bridgehead atoms. The Morgan fingerprint density at radius 2 is 1.78 bits per heavy atom. The van der Waals surface area contributed by atoms with Crippen molar-refractivity contribution < 1.29 is 9.53 Å². The third kappa shape index (κ3) is 3.74. The number of pyridine rings is 1. The fourth-order valence-corrected chi connectivity index (χ4v) is 2.79. The molecule has 0 spiro atoms. The van der Waals surface area contributed by atoms with Gasteiger partial charge >= 0.3 is 6.03 Å². The Morgan fingerprint density at radius 1 is 0.963 bits per heavy atom. The Labute approximate surface area is 156 Å². The molecule has 2 heterocycles. The average Bonchev–Trinajstić information content (AvgIpc) is 3.13. The fourth-order valence-electron chi connectivity index (χ4n) is 2.79. The van der Waals surface area contributed by atoms with Crippen molar-refractivity contribution in [2.45, 2.75) is 0 Å². The van der Waals surface area contributed by atoms with E-state index in [1.54, 1.807) is 19.2 Å². The lowest BCUT2D eigenvalue weighted by Crippen LogP contribution is -2.19. The summed E-state index contributed by atoms with van der Waals surface area (Å²) in [5, 5.41) is 5.60. The van der Waals surface area contributed by atoms with Crippen LogP contribution in [0.15, 0.2) is 79.1 Å². The first-order valence-electron chi connectivity index (χ1n) is 8.47. The number of carbonyl (C=O) groups excluding carboxylic acids is 1. The van der Waals surface area contributed by atoms with E-state index in [1.807, 2.05) is 71.4 Å². The molecule has 0 saturated heterocycles. The Kier molecular flexibility index (Phi) is 4.45. The van der Waals surface area contributed by atoms with Crippen LogP contribution < -0.4 is 15.4 Å². The van der Waals surface area contributed by atoms with E-state index in [-0.39, 0.29) is 6.03 Å². The molecule has 0 aliphatic rings. The van der Waals surface area contributed by atoms with Crippen molar-refractivity contribution in [2.75, 3.05) is 17.7 Å². The van der Waals surface area contributed by atoms with Crippen molar-refractivity contribution in [3.8, 4) is 17.0 Å². The first kappa shape index (κ1) is 16.7. The maximum absolute atomic E-state index is 12.2. The summed E-state index contributed by atoms with van der Waals surface area (Å²) in [7, 11) is 1.59. The van der Waals surface area contributed by atoms with Crippen LogP contribution in [-0.2, 0) is 0 Å². The van der Waals surface area contributed by atoms with E-state index in [0.29, 0.717) is 17.1 Å². The van der Waals surface area contributed by atoms with Crippen LogP contribution in [0.1, 0.15) is 0 Å². The zero-order chi connectivity index (χ0) is 18.6. The van der Waals surface area contributed by atoms with E-state index in [1.165, 1.54) is 0 Å². The number of nitrogens with one attached hydrogen (secondary N) is 2. The summed E-state index contributed by atoms with van der Waals surface area (Å²) < 4.78 is 7.13. The number of imidazole rings is 1. The minimum Gasteiger partial charge on any atom is -0.497 e. The molecule has 0 saturated carbocycles. The largest absolute Gasteiger partial charge is 0.497 e. The number of fused-ring (bicyclic) bond motifs is 1. The lowest BCUT2D eigenvalue weighted by molar-refractivity contribution is 0.262. The van der Waals surface area contributed by atoms with Gasteiger partial charge in [0.15, 0.2) is 0 Å². The van der Waals surface area contributed by atoms with Crippen molar-refractivity contribution in [3.05, 3.63) is 79.1 Å². The van der Waals surface area contributed by atoms with Gasteiger partial charge in [0.2, 0.25) is 0 Å². The van der Waals surface area contributed by atoms with E-state index in [4.69, 9.17) is 4.74 Å². The average molecular weight is 358 g/mol. The minimum absolute atomic E-state index is 0.316. The number of nitrogens with zero attached hydrogens (tertiary/aromatic N) is 2. The smallest absolute Gasteiger partial charge is 0.323 e. The number of benzene rings is 2. The van der Waals surface area contributed by atoms with Crippen molar-refractivity contribution in [2.24, 2.45) is 0 Å². The van der Waals surface area contributed by atoms with Crippen molar-refractivity contribution in [3.63, 3.8) is 0 Å². The van der Waals surface area contributed by atoms with E-state index >= 15 is 0 Å². The molecule has 0 radical (unpaired) electrons. The first-order chi connectivity index (χ1) is 13.2. The second kappa shape index (κ2) is 7.21. The molecule has 2 aromatic carbocycles. The van der Waals surface area contributed by atoms with Gasteiger partial charge in [0.05, 0.1) is 12.8 Å². The fraction of sp³-hybridized carbons (Fsp3) is 0.0476. The quantitative estimate of drug-likeness (QED) is 0.558. The minimum atomic E-state index is -0.316. The van der Waals surface area contributed by atoms with Crippen LogP contribution in [0.2, 0.25) is 0 Å². The highest BCUT2D eigenvalue weighted by atomic mass is 16.5. The van der Waals surface area contributed by atoms with Crippen LogP contribution in [0.5, 0.6) is 5.75 Å². The van der Waals surface area contributed by atoms with E-state index in [2.05, 4.69) is 15.6 Å². The van der Waals surface area contributed by atoms with E-state index < -0.39 is 0 Å². The molecule has 134 valence electrons. The number of aromatic nitrogens is 2. The SMILES string of the molecule is COc1cccc(NC(=O)Nc2ccc(-c3cn4ccccc4n3)cc2)c1. The normalized spacial score (nSPS) is 10.6. The molecule has 2 N–H and O–H groups in total. The van der Waals surface area contributed by atoms with Gasteiger partial charge in [-0.3, -0.25) is 0 Å². The summed E-state index contributed by atoms with van der Waals surface area (Å²) in [6.07, 6.45) is 3.94. The molecule has 6 nitrogen and oxygen atoms in total. The number of hydrogen-bond acceptors (Lipinski definition) is 3. The molecule has 0 fully saturated rings. The summed E-state index contributed by atoms with van der Waals surface area (Å²) in [6.45, 7) is 0. The van der Waals surface area contributed by atoms with Gasteiger partial charge in [0.25, 0.3) is 0 Å². The Morgan fingerprint density at radius 3 is 2.56 bits per heavy atom. The molecule has 4 rings (SSSR count). The number of amides is 2. The highest BCUT2D eigenvalue weighted by molar-refractivity contribution is 5.99. The molecule has 6 heteroatoms. The van der Waals surface area contributed by atoms with Gasteiger partial charge in [-0.05, 0) is 36.4 Å². The van der Waals surface area contributed by atoms with Crippen LogP contribution in [0.4, 0.5) is 16.2 Å². The second-order valence-corrected chi connectivity index (χ2v) is 5.98. The number of carbonyl (C=O) groups is 1. The standard InChI is InChI=1S/C21H18N4O2/c1-27-18-6-4-5-17(13-18)23-21(26)22-16-10-8-15(9-11-16)19-14-25-12-3-2-7-20(25)24-19/h2-14H,1H3,(H2,22,23,26). The van der Waals surface area contributed by atoms with Crippen molar-refractivity contribution in [1.29, 1.82) is 0 Å². The number of anilines is 2. The predicted octanol–water partition coefficient (Wildman–Crippen LogP) is 4.65. The summed E-state index contributed by atoms with van der Waals surface area (Å²) in [5.74, 6) is 0.685. The summed E-state index contributed by atoms with van der Waals surface area (Å²) in [4.78, 5) is 16.8. The van der Waals surface area contributed by atoms with Gasteiger partial charge in [-0.1, -0.05) is 24.3 Å². The number of methoxy groups -OCH3 is 1. The van der Waals surface area contributed by atoms with Crippen LogP contribution in [0.25, 0.3) is 16.9 Å². The first-order valence-corrected chi connectivity index (χ1v) is 8.47. The van der Waals surface area contributed by atoms with Crippen molar-refractivity contribution >= 4 is 23.1 Å². The van der Waals surface area contributed by atoms with Crippen LogP contribution in [0, 0.1) is 0 Å². The topological polar surface area (TPSA) is 67.7 Å². The lowest BCUT2D eigenvalue weighted by atomic mass is 10.1. The monoisotopic (exact) mass is 358 g/mol. The van der Waals surface area contributed by atoms with Crippen molar-refractivity contribution in [1.82, 2.24) is 9.38 Å². The molecular weight excluding hydrogens is 340 g/mol. The summed E-state index contributed by atoms with van der Waals surface area (Å²) in [6, 6.07) is 20.3. The Hall–Kier alpha value is -3.80. The van der Waals surface area contributed by atoms with Gasteiger partial charge in [0, 0.05) is 35.4 Å². The van der Waals surface area contributed by atoms with Crippen LogP contribution >= 0.6 is 0 Å². The zero-order valence-corrected chi connectivity index (χ0v) is 14.7. The second-order valence-electron chi connectivity index (χ2n) is 5.98. The van der Waals surface area contributed by atoms with Gasteiger partial charge < -0.3 is 19.8 Å². The maximum atomic E-state index is 12.2. The molecular formula is C21H18N4O2. The number of rotatable bonds is 4. The molecule has 0 atom stereocenters. The van der Waals surface area contributed by atoms with Gasteiger partial charge in [-0.15, -0.1) is 0 Å². The number of hydrogen-bond donors (Lipinski definition) is 2. The Balaban J connectivity index is 1.44. The number of ether oxygens (including phenoxy) is 1. The highest BCUT2D eigenvalue weighted by Crippen LogP contribution is 2.22. The third-order valence-electron chi connectivity index (χ3n) is 4.13. The summed E-state index contributed by atoms with van der Waals surface area (Å²) >= 11 is 0. The molecule has 0 aliphatic carbocycles. The summed E-state index contributed by atoms with van der Waals surface area (Å²) in [5.41, 5.74) is 4.12. The molecule has 4 aromatic rings. The molecule has 27 heavy (non-hydrogen) atoms. The number of urea groups is 1. The predicted molar refractivity (Wildman–Crippen MR) is 106 cm³/mol.